The molecule has 0 aromatic carbocycles. The lowest BCUT2D eigenvalue weighted by molar-refractivity contribution is 0.0949. The molecule has 0 atom stereocenters. The highest BCUT2D eigenvalue weighted by Gasteiger charge is 2.12. The fourth-order valence-electron chi connectivity index (χ4n) is 2.02. The van der Waals surface area contributed by atoms with Crippen molar-refractivity contribution in [3.8, 4) is 0 Å². The van der Waals surface area contributed by atoms with Crippen LogP contribution >= 0.6 is 11.8 Å². The van der Waals surface area contributed by atoms with Gasteiger partial charge in [-0.05, 0) is 13.0 Å². The summed E-state index contributed by atoms with van der Waals surface area (Å²) < 4.78 is 0. The summed E-state index contributed by atoms with van der Waals surface area (Å²) in [7, 11) is 0. The molecule has 5 nitrogen and oxygen atoms in total. The van der Waals surface area contributed by atoms with Gasteiger partial charge >= 0.3 is 0 Å². The molecule has 0 saturated carbocycles. The van der Waals surface area contributed by atoms with E-state index in [2.05, 4.69) is 15.2 Å². The number of aromatic nitrogens is 1. The second-order valence-electron chi connectivity index (χ2n) is 4.62. The number of anilines is 1. The highest BCUT2D eigenvalue weighted by atomic mass is 32.2. The molecule has 0 bridgehead atoms. The molecule has 1 aromatic heterocycles. The first-order valence-electron chi connectivity index (χ1n) is 6.47. The standard InChI is InChI=1S/C13H20N4OS/c1-10-8-12(14)11(9-16-10)13(18)15-2-3-17-4-6-19-7-5-17/h8-9H,2-7H2,1H3,(H2,14,16)(H,15,18). The number of nitrogens with two attached hydrogens (primary N) is 1. The van der Waals surface area contributed by atoms with Gasteiger partial charge in [0.25, 0.3) is 5.91 Å². The van der Waals surface area contributed by atoms with Crippen LogP contribution in [-0.2, 0) is 0 Å². The number of nitrogen functional groups attached to an aromatic ring is 1. The lowest BCUT2D eigenvalue weighted by Crippen LogP contribution is -2.39. The molecule has 2 rings (SSSR count). The summed E-state index contributed by atoms with van der Waals surface area (Å²) in [5, 5.41) is 2.90. The quantitative estimate of drug-likeness (QED) is 0.851. The van der Waals surface area contributed by atoms with E-state index in [0.29, 0.717) is 17.8 Å². The third-order valence-electron chi connectivity index (χ3n) is 3.13. The minimum Gasteiger partial charge on any atom is -0.398 e. The average molecular weight is 280 g/mol. The van der Waals surface area contributed by atoms with E-state index in [1.807, 2.05) is 18.7 Å². The van der Waals surface area contributed by atoms with Crippen molar-refractivity contribution >= 4 is 23.4 Å². The van der Waals surface area contributed by atoms with Crippen LogP contribution in [0.3, 0.4) is 0 Å². The van der Waals surface area contributed by atoms with Crippen LogP contribution < -0.4 is 11.1 Å². The summed E-state index contributed by atoms with van der Waals surface area (Å²) in [5.41, 5.74) is 7.59. The maximum atomic E-state index is 12.0. The molecular formula is C13H20N4OS. The largest absolute Gasteiger partial charge is 0.398 e. The molecule has 1 fully saturated rings. The Bertz CT molecular complexity index is 446. The minimum absolute atomic E-state index is 0.142. The molecular weight excluding hydrogens is 260 g/mol. The van der Waals surface area contributed by atoms with Crippen molar-refractivity contribution in [1.29, 1.82) is 0 Å². The molecule has 1 aromatic rings. The Morgan fingerprint density at radius 2 is 2.26 bits per heavy atom. The maximum absolute atomic E-state index is 12.0. The average Bonchev–Trinajstić information content (AvgIpc) is 2.39. The Labute approximate surface area is 117 Å². The zero-order valence-electron chi connectivity index (χ0n) is 11.2. The number of nitrogens with zero attached hydrogens (tertiary/aromatic N) is 2. The van der Waals surface area contributed by atoms with E-state index in [9.17, 15) is 4.79 Å². The number of carbonyl (C=O) groups excluding carboxylic acids is 1. The van der Waals surface area contributed by atoms with Crippen molar-refractivity contribution in [2.45, 2.75) is 6.92 Å². The van der Waals surface area contributed by atoms with E-state index < -0.39 is 0 Å². The first-order chi connectivity index (χ1) is 9.16. The van der Waals surface area contributed by atoms with Crippen molar-refractivity contribution in [1.82, 2.24) is 15.2 Å². The van der Waals surface area contributed by atoms with Crippen LogP contribution in [-0.4, -0.2) is 53.5 Å². The lowest BCUT2D eigenvalue weighted by atomic mass is 10.2. The van der Waals surface area contributed by atoms with E-state index in [1.165, 1.54) is 17.7 Å². The Kier molecular flexibility index (Phi) is 5.04. The summed E-state index contributed by atoms with van der Waals surface area (Å²) in [4.78, 5) is 18.4. The number of pyridine rings is 1. The van der Waals surface area contributed by atoms with Gasteiger partial charge < -0.3 is 11.1 Å². The molecule has 3 N–H and O–H groups in total. The zero-order chi connectivity index (χ0) is 13.7. The van der Waals surface area contributed by atoms with Gasteiger partial charge in [-0.25, -0.2) is 0 Å². The fourth-order valence-corrected chi connectivity index (χ4v) is 3.00. The molecule has 6 heteroatoms. The predicted molar refractivity (Wildman–Crippen MR) is 79.5 cm³/mol. The molecule has 1 saturated heterocycles. The van der Waals surface area contributed by atoms with Crippen molar-refractivity contribution in [3.05, 3.63) is 23.5 Å². The third kappa shape index (κ3) is 4.11. The first kappa shape index (κ1) is 14.1. The summed E-state index contributed by atoms with van der Waals surface area (Å²) in [6, 6.07) is 1.72. The Hall–Kier alpha value is -1.27. The first-order valence-corrected chi connectivity index (χ1v) is 7.62. The van der Waals surface area contributed by atoms with Crippen molar-refractivity contribution in [2.24, 2.45) is 0 Å². The predicted octanol–water partition coefficient (Wildman–Crippen LogP) is 0.751. The zero-order valence-corrected chi connectivity index (χ0v) is 12.0. The van der Waals surface area contributed by atoms with E-state index >= 15 is 0 Å². The number of amides is 1. The van der Waals surface area contributed by atoms with E-state index in [4.69, 9.17) is 5.73 Å². The van der Waals surface area contributed by atoms with Crippen LogP contribution in [0.5, 0.6) is 0 Å². The van der Waals surface area contributed by atoms with E-state index in [0.717, 1.165) is 25.3 Å². The molecule has 0 radical (unpaired) electrons. The van der Waals surface area contributed by atoms with E-state index in [1.54, 1.807) is 6.07 Å². The lowest BCUT2D eigenvalue weighted by Gasteiger charge is -2.26. The number of thioether (sulfide) groups is 1. The van der Waals surface area contributed by atoms with Gasteiger partial charge in [0.05, 0.1) is 5.56 Å². The van der Waals surface area contributed by atoms with Crippen molar-refractivity contribution in [3.63, 3.8) is 0 Å². The van der Waals surface area contributed by atoms with Gasteiger partial charge in [-0.15, -0.1) is 0 Å². The smallest absolute Gasteiger partial charge is 0.254 e. The van der Waals surface area contributed by atoms with Gasteiger partial charge in [0.2, 0.25) is 0 Å². The molecule has 104 valence electrons. The van der Waals surface area contributed by atoms with Crippen LogP contribution in [0.1, 0.15) is 16.1 Å². The maximum Gasteiger partial charge on any atom is 0.254 e. The van der Waals surface area contributed by atoms with Crippen LogP contribution in [0.15, 0.2) is 12.3 Å². The second-order valence-corrected chi connectivity index (χ2v) is 5.85. The number of aryl methyl sites for hydroxylation is 1. The molecule has 19 heavy (non-hydrogen) atoms. The van der Waals surface area contributed by atoms with Crippen LogP contribution in [0, 0.1) is 6.92 Å². The van der Waals surface area contributed by atoms with Crippen LogP contribution in [0.25, 0.3) is 0 Å². The summed E-state index contributed by atoms with van der Waals surface area (Å²) >= 11 is 1.98. The monoisotopic (exact) mass is 280 g/mol. The number of carbonyl (C=O) groups is 1. The topological polar surface area (TPSA) is 71.2 Å². The summed E-state index contributed by atoms with van der Waals surface area (Å²) in [6.45, 7) is 5.61. The molecule has 0 aliphatic carbocycles. The molecule has 0 spiro atoms. The number of nitrogens with one attached hydrogen (secondary N) is 1. The number of hydrogen-bond donors (Lipinski definition) is 2. The summed E-state index contributed by atoms with van der Waals surface area (Å²) in [6.07, 6.45) is 1.54. The summed E-state index contributed by atoms with van der Waals surface area (Å²) in [5.74, 6) is 2.22. The minimum atomic E-state index is -0.142. The highest BCUT2D eigenvalue weighted by molar-refractivity contribution is 7.99. The van der Waals surface area contributed by atoms with Crippen LogP contribution in [0.2, 0.25) is 0 Å². The van der Waals surface area contributed by atoms with Gasteiger partial charge in [0, 0.05) is 55.3 Å². The molecule has 0 unspecified atom stereocenters. The molecule has 1 amide bonds. The highest BCUT2D eigenvalue weighted by Crippen LogP contribution is 2.11. The van der Waals surface area contributed by atoms with E-state index in [-0.39, 0.29) is 5.91 Å². The van der Waals surface area contributed by atoms with Gasteiger partial charge in [-0.1, -0.05) is 0 Å². The molecule has 1 aliphatic heterocycles. The third-order valence-corrected chi connectivity index (χ3v) is 4.08. The normalized spacial score (nSPS) is 16.3. The second kappa shape index (κ2) is 6.77. The SMILES string of the molecule is Cc1cc(N)c(C(=O)NCCN2CCSCC2)cn1. The van der Waals surface area contributed by atoms with Crippen molar-refractivity contribution in [2.75, 3.05) is 43.4 Å². The van der Waals surface area contributed by atoms with Crippen LogP contribution in [0.4, 0.5) is 5.69 Å². The Morgan fingerprint density at radius 3 is 2.95 bits per heavy atom. The van der Waals surface area contributed by atoms with Gasteiger partial charge in [-0.2, -0.15) is 11.8 Å². The Balaban J connectivity index is 1.80. The fraction of sp³-hybridized carbons (Fsp3) is 0.538. The number of rotatable bonds is 4. The Morgan fingerprint density at radius 1 is 1.53 bits per heavy atom. The van der Waals surface area contributed by atoms with Gasteiger partial charge in [-0.3, -0.25) is 14.7 Å². The van der Waals surface area contributed by atoms with Gasteiger partial charge in [0.15, 0.2) is 0 Å². The molecule has 1 aliphatic rings. The molecule has 2 heterocycles. The number of hydrogen-bond acceptors (Lipinski definition) is 5. The van der Waals surface area contributed by atoms with Crippen molar-refractivity contribution < 1.29 is 4.79 Å². The van der Waals surface area contributed by atoms with Gasteiger partial charge in [0.1, 0.15) is 0 Å².